The van der Waals surface area contributed by atoms with E-state index in [1.165, 1.54) is 19.3 Å². The number of hydrogen-bond acceptors (Lipinski definition) is 4. The first-order valence-electron chi connectivity index (χ1n) is 12.0. The van der Waals surface area contributed by atoms with Gasteiger partial charge in [-0.3, -0.25) is 0 Å². The molecule has 1 aromatic carbocycles. The Bertz CT molecular complexity index is 898. The number of carbonyl (C=O) groups is 2. The molecule has 1 aromatic heterocycles. The molecule has 0 fully saturated rings. The monoisotopic (exact) mass is 452 g/mol. The fourth-order valence-electron chi connectivity index (χ4n) is 3.36. The molecule has 0 saturated carbocycles. The molecule has 33 heavy (non-hydrogen) atoms. The zero-order chi connectivity index (χ0) is 23.7. The van der Waals surface area contributed by atoms with E-state index in [2.05, 4.69) is 18.2 Å². The molecule has 0 aliphatic carbocycles. The molecule has 0 aliphatic heterocycles. The lowest BCUT2D eigenvalue weighted by atomic mass is 10.1. The Morgan fingerprint density at radius 2 is 1.79 bits per heavy atom. The molecule has 0 bridgehead atoms. The van der Waals surface area contributed by atoms with E-state index in [4.69, 9.17) is 15.9 Å². The van der Waals surface area contributed by atoms with Crippen molar-refractivity contribution in [2.45, 2.75) is 71.1 Å². The standard InChI is InChI=1S/C27H36N2O4/c1-3-5-7-8-9-10-11-12-13-20-32-26(30)23-17-19-29(22-23)24-15-14-16-25(21-24)33-27(31)28-18-6-4-2/h1,14-17,19,21-22H,4-13,18,20H2,2H3,(H,28,31). The van der Waals surface area contributed by atoms with Crippen LogP contribution in [0.1, 0.15) is 81.5 Å². The van der Waals surface area contributed by atoms with Crippen LogP contribution >= 0.6 is 0 Å². The second-order valence-electron chi connectivity index (χ2n) is 8.04. The number of amides is 1. The summed E-state index contributed by atoms with van der Waals surface area (Å²) in [4.78, 5) is 24.2. The number of benzene rings is 1. The predicted molar refractivity (Wildman–Crippen MR) is 131 cm³/mol. The van der Waals surface area contributed by atoms with Gasteiger partial charge in [0.05, 0.1) is 12.2 Å². The summed E-state index contributed by atoms with van der Waals surface area (Å²) in [6.45, 7) is 3.08. The van der Waals surface area contributed by atoms with Crippen LogP contribution in [0, 0.1) is 12.3 Å². The van der Waals surface area contributed by atoms with E-state index in [0.717, 1.165) is 50.6 Å². The van der Waals surface area contributed by atoms with Gasteiger partial charge in [-0.05, 0) is 37.5 Å². The molecule has 0 atom stereocenters. The van der Waals surface area contributed by atoms with Crippen molar-refractivity contribution in [2.24, 2.45) is 0 Å². The minimum Gasteiger partial charge on any atom is -0.462 e. The van der Waals surface area contributed by atoms with Crippen molar-refractivity contribution in [2.75, 3.05) is 13.2 Å². The largest absolute Gasteiger partial charge is 0.462 e. The lowest BCUT2D eigenvalue weighted by Gasteiger charge is -2.08. The first-order chi connectivity index (χ1) is 16.1. The minimum absolute atomic E-state index is 0.328. The highest BCUT2D eigenvalue weighted by Gasteiger charge is 2.11. The Morgan fingerprint density at radius 1 is 1.03 bits per heavy atom. The Hall–Kier alpha value is -3.20. The number of nitrogens with zero attached hydrogens (tertiary/aromatic N) is 1. The van der Waals surface area contributed by atoms with Crippen LogP contribution in [0.3, 0.4) is 0 Å². The molecule has 6 heteroatoms. The number of terminal acetylenes is 1. The number of aromatic nitrogens is 1. The van der Waals surface area contributed by atoms with Crippen LogP contribution in [0.25, 0.3) is 5.69 Å². The van der Waals surface area contributed by atoms with Gasteiger partial charge in [0.1, 0.15) is 5.75 Å². The second kappa shape index (κ2) is 15.6. The molecule has 0 spiro atoms. The van der Waals surface area contributed by atoms with E-state index in [1.54, 1.807) is 41.2 Å². The molecule has 2 aromatic rings. The van der Waals surface area contributed by atoms with E-state index >= 15 is 0 Å². The molecule has 2 rings (SSSR count). The van der Waals surface area contributed by atoms with Crippen LogP contribution in [0.2, 0.25) is 0 Å². The Kier molecular flexibility index (Phi) is 12.3. The van der Waals surface area contributed by atoms with Crippen molar-refractivity contribution >= 4 is 12.1 Å². The van der Waals surface area contributed by atoms with Crippen LogP contribution in [0.4, 0.5) is 4.79 Å². The second-order valence-corrected chi connectivity index (χ2v) is 8.04. The molecule has 0 saturated heterocycles. The van der Waals surface area contributed by atoms with Crippen molar-refractivity contribution in [3.05, 3.63) is 48.3 Å². The Balaban J connectivity index is 1.72. The topological polar surface area (TPSA) is 69.6 Å². The third kappa shape index (κ3) is 10.3. The van der Waals surface area contributed by atoms with Gasteiger partial charge in [-0.1, -0.05) is 51.5 Å². The van der Waals surface area contributed by atoms with Crippen molar-refractivity contribution in [3.63, 3.8) is 0 Å². The molecular formula is C27H36N2O4. The molecule has 178 valence electrons. The number of unbranched alkanes of at least 4 members (excludes halogenated alkanes) is 8. The molecular weight excluding hydrogens is 416 g/mol. The lowest BCUT2D eigenvalue weighted by molar-refractivity contribution is 0.0497. The number of rotatable bonds is 15. The zero-order valence-electron chi connectivity index (χ0n) is 19.7. The van der Waals surface area contributed by atoms with Crippen LogP contribution in [0.5, 0.6) is 5.75 Å². The third-order valence-corrected chi connectivity index (χ3v) is 5.25. The van der Waals surface area contributed by atoms with E-state index in [9.17, 15) is 9.59 Å². The Labute approximate surface area is 197 Å². The van der Waals surface area contributed by atoms with Crippen molar-refractivity contribution < 1.29 is 19.1 Å². The SMILES string of the molecule is C#CCCCCCCCCCOC(=O)c1ccn(-c2cccc(OC(=O)NCCCC)c2)c1. The van der Waals surface area contributed by atoms with E-state index in [1.807, 2.05) is 6.07 Å². The first-order valence-corrected chi connectivity index (χ1v) is 12.0. The summed E-state index contributed by atoms with van der Waals surface area (Å²) in [5.74, 6) is 2.78. The van der Waals surface area contributed by atoms with Crippen LogP contribution in [0.15, 0.2) is 42.7 Å². The summed E-state index contributed by atoms with van der Waals surface area (Å²) in [7, 11) is 0. The molecule has 0 unspecified atom stereocenters. The summed E-state index contributed by atoms with van der Waals surface area (Å²) in [6.07, 6.45) is 18.9. The normalized spacial score (nSPS) is 10.4. The highest BCUT2D eigenvalue weighted by molar-refractivity contribution is 5.89. The molecule has 1 N–H and O–H groups in total. The van der Waals surface area contributed by atoms with Gasteiger partial charge < -0.3 is 19.4 Å². The van der Waals surface area contributed by atoms with Crippen molar-refractivity contribution in [3.8, 4) is 23.8 Å². The average molecular weight is 453 g/mol. The van der Waals surface area contributed by atoms with Gasteiger partial charge in [0.2, 0.25) is 0 Å². The number of carbonyl (C=O) groups excluding carboxylic acids is 2. The van der Waals surface area contributed by atoms with E-state index in [-0.39, 0.29) is 5.97 Å². The van der Waals surface area contributed by atoms with Gasteiger partial charge >= 0.3 is 12.1 Å². The van der Waals surface area contributed by atoms with Crippen LogP contribution < -0.4 is 10.1 Å². The third-order valence-electron chi connectivity index (χ3n) is 5.25. The summed E-state index contributed by atoms with van der Waals surface area (Å²) < 4.78 is 12.5. The molecule has 0 aliphatic rings. The van der Waals surface area contributed by atoms with Gasteiger partial charge in [-0.15, -0.1) is 12.3 Å². The number of nitrogens with one attached hydrogen (secondary N) is 1. The number of hydrogen-bond donors (Lipinski definition) is 1. The van der Waals surface area contributed by atoms with E-state index in [0.29, 0.717) is 24.5 Å². The highest BCUT2D eigenvalue weighted by Crippen LogP contribution is 2.18. The maximum atomic E-state index is 12.3. The predicted octanol–water partition coefficient (Wildman–Crippen LogP) is 6.28. The summed E-state index contributed by atoms with van der Waals surface area (Å²) in [6, 6.07) is 8.88. The van der Waals surface area contributed by atoms with Gasteiger partial charge in [0, 0.05) is 37.1 Å². The van der Waals surface area contributed by atoms with Crippen molar-refractivity contribution in [1.29, 1.82) is 0 Å². The maximum Gasteiger partial charge on any atom is 0.412 e. The fourth-order valence-corrected chi connectivity index (χ4v) is 3.36. The van der Waals surface area contributed by atoms with Gasteiger partial charge in [-0.25, -0.2) is 9.59 Å². The molecule has 1 amide bonds. The highest BCUT2D eigenvalue weighted by atomic mass is 16.6. The van der Waals surface area contributed by atoms with Crippen LogP contribution in [-0.2, 0) is 4.74 Å². The van der Waals surface area contributed by atoms with Gasteiger partial charge in [0.15, 0.2) is 0 Å². The van der Waals surface area contributed by atoms with Gasteiger partial charge in [0.25, 0.3) is 0 Å². The first kappa shape index (κ1) is 26.1. The van der Waals surface area contributed by atoms with E-state index < -0.39 is 6.09 Å². The maximum absolute atomic E-state index is 12.3. The molecule has 1 heterocycles. The Morgan fingerprint density at radius 3 is 2.55 bits per heavy atom. The number of ether oxygens (including phenoxy) is 2. The quantitative estimate of drug-likeness (QED) is 0.196. The molecule has 6 nitrogen and oxygen atoms in total. The fraction of sp³-hybridized carbons (Fsp3) is 0.481. The molecule has 0 radical (unpaired) electrons. The smallest absolute Gasteiger partial charge is 0.412 e. The lowest BCUT2D eigenvalue weighted by Crippen LogP contribution is -2.27. The average Bonchev–Trinajstić information content (AvgIpc) is 3.31. The minimum atomic E-state index is -0.471. The zero-order valence-corrected chi connectivity index (χ0v) is 19.7. The summed E-state index contributed by atoms with van der Waals surface area (Å²) in [5, 5.41) is 2.72. The number of esters is 1. The van der Waals surface area contributed by atoms with Gasteiger partial charge in [-0.2, -0.15) is 0 Å². The van der Waals surface area contributed by atoms with Crippen LogP contribution in [-0.4, -0.2) is 29.8 Å². The summed E-state index contributed by atoms with van der Waals surface area (Å²) >= 11 is 0. The summed E-state index contributed by atoms with van der Waals surface area (Å²) in [5.41, 5.74) is 1.28. The van der Waals surface area contributed by atoms with Crippen molar-refractivity contribution in [1.82, 2.24) is 9.88 Å².